The van der Waals surface area contributed by atoms with Crippen molar-refractivity contribution in [2.24, 2.45) is 5.73 Å². The standard InChI is InChI=1S/C29H29F3N6O/c1-15(2)18-10-23(32)28(34-13-18)37-9-8-24-20(14-37)27(38(36-24)26-16(3)6-5-7-17(26)4)19-11-22(31)25(12-21(19)30)35-29(33)39/h5-7,10-13,15H,8-9,14H2,1-4H3,(H3,33,35,39). The van der Waals surface area contributed by atoms with E-state index in [-0.39, 0.29) is 29.5 Å². The summed E-state index contributed by atoms with van der Waals surface area (Å²) in [6, 6.07) is 8.17. The lowest BCUT2D eigenvalue weighted by atomic mass is 9.99. The summed E-state index contributed by atoms with van der Waals surface area (Å²) < 4.78 is 47.5. The second-order valence-electron chi connectivity index (χ2n) is 10.1. The van der Waals surface area contributed by atoms with E-state index in [1.807, 2.05) is 45.9 Å². The number of nitrogens with two attached hydrogens (primary N) is 1. The predicted molar refractivity (Wildman–Crippen MR) is 145 cm³/mol. The summed E-state index contributed by atoms with van der Waals surface area (Å²) in [4.78, 5) is 17.5. The van der Waals surface area contributed by atoms with Gasteiger partial charge in [-0.3, -0.25) is 0 Å². The summed E-state index contributed by atoms with van der Waals surface area (Å²) in [6.07, 6.45) is 2.12. The van der Waals surface area contributed by atoms with Gasteiger partial charge in [0.25, 0.3) is 0 Å². The zero-order chi connectivity index (χ0) is 28.0. The number of nitrogens with zero attached hydrogens (tertiary/aromatic N) is 4. The van der Waals surface area contributed by atoms with E-state index < -0.39 is 23.5 Å². The van der Waals surface area contributed by atoms with Gasteiger partial charge in [0.05, 0.1) is 22.8 Å². The van der Waals surface area contributed by atoms with Crippen molar-refractivity contribution in [3.05, 3.63) is 88.0 Å². The molecule has 0 atom stereocenters. The van der Waals surface area contributed by atoms with Crippen molar-refractivity contribution >= 4 is 17.5 Å². The number of hydrogen-bond acceptors (Lipinski definition) is 4. The van der Waals surface area contributed by atoms with Crippen LogP contribution in [0.5, 0.6) is 0 Å². The van der Waals surface area contributed by atoms with Crippen LogP contribution in [0.2, 0.25) is 0 Å². The molecule has 0 unspecified atom stereocenters. The van der Waals surface area contributed by atoms with Crippen LogP contribution in [0, 0.1) is 31.3 Å². The van der Waals surface area contributed by atoms with Crippen molar-refractivity contribution in [1.29, 1.82) is 0 Å². The van der Waals surface area contributed by atoms with Crippen LogP contribution in [-0.2, 0) is 13.0 Å². The minimum Gasteiger partial charge on any atom is -0.351 e. The first kappa shape index (κ1) is 26.3. The SMILES string of the molecule is Cc1cccc(C)c1-n1nc2c(c1-c1cc(F)c(NC(N)=O)cc1F)CN(c1ncc(C(C)C)cc1F)CC2. The number of fused-ring (bicyclic) bond motifs is 1. The predicted octanol–water partition coefficient (Wildman–Crippen LogP) is 6.15. The molecule has 39 heavy (non-hydrogen) atoms. The van der Waals surface area contributed by atoms with Crippen molar-refractivity contribution in [3.8, 4) is 16.9 Å². The van der Waals surface area contributed by atoms with Gasteiger partial charge in [0.2, 0.25) is 0 Å². The first-order valence-electron chi connectivity index (χ1n) is 12.7. The summed E-state index contributed by atoms with van der Waals surface area (Å²) >= 11 is 0. The zero-order valence-corrected chi connectivity index (χ0v) is 22.1. The Morgan fingerprint density at radius 1 is 1.05 bits per heavy atom. The van der Waals surface area contributed by atoms with Crippen LogP contribution in [0.4, 0.5) is 29.5 Å². The quantitative estimate of drug-likeness (QED) is 0.322. The minimum atomic E-state index is -1.01. The van der Waals surface area contributed by atoms with Gasteiger partial charge in [0, 0.05) is 42.9 Å². The number of primary amides is 1. The van der Waals surface area contributed by atoms with E-state index in [0.29, 0.717) is 29.9 Å². The van der Waals surface area contributed by atoms with Gasteiger partial charge in [0.15, 0.2) is 11.6 Å². The maximum atomic E-state index is 15.6. The molecule has 0 fully saturated rings. The number of aryl methyl sites for hydroxylation is 2. The third-order valence-electron chi connectivity index (χ3n) is 7.06. The van der Waals surface area contributed by atoms with Crippen molar-refractivity contribution < 1.29 is 18.0 Å². The Morgan fingerprint density at radius 2 is 1.77 bits per heavy atom. The summed E-state index contributed by atoms with van der Waals surface area (Å²) in [7, 11) is 0. The van der Waals surface area contributed by atoms with Crippen LogP contribution in [0.1, 0.15) is 47.7 Å². The van der Waals surface area contributed by atoms with E-state index in [2.05, 4.69) is 10.3 Å². The van der Waals surface area contributed by atoms with Gasteiger partial charge in [-0.25, -0.2) is 27.6 Å². The van der Waals surface area contributed by atoms with Gasteiger partial charge >= 0.3 is 6.03 Å². The Bertz CT molecular complexity index is 1580. The van der Waals surface area contributed by atoms with Crippen LogP contribution in [0.3, 0.4) is 0 Å². The number of carbonyl (C=O) groups excluding carboxylic acids is 1. The number of rotatable bonds is 5. The zero-order valence-electron chi connectivity index (χ0n) is 22.1. The molecule has 3 heterocycles. The van der Waals surface area contributed by atoms with Crippen LogP contribution in [-0.4, -0.2) is 27.3 Å². The van der Waals surface area contributed by atoms with Crippen LogP contribution in [0.15, 0.2) is 42.6 Å². The molecule has 0 aliphatic carbocycles. The Labute approximate surface area is 224 Å². The Balaban J connectivity index is 1.69. The van der Waals surface area contributed by atoms with E-state index in [1.165, 1.54) is 6.07 Å². The molecule has 5 rings (SSSR count). The summed E-state index contributed by atoms with van der Waals surface area (Å²) in [6.45, 7) is 8.43. The van der Waals surface area contributed by atoms with Crippen molar-refractivity contribution in [2.75, 3.05) is 16.8 Å². The molecule has 0 spiro atoms. The average molecular weight is 535 g/mol. The summed E-state index contributed by atoms with van der Waals surface area (Å²) in [5.74, 6) is -1.73. The molecule has 202 valence electrons. The fraction of sp³-hybridized carbons (Fsp3) is 0.276. The molecule has 7 nitrogen and oxygen atoms in total. The van der Waals surface area contributed by atoms with E-state index in [9.17, 15) is 4.79 Å². The Hall–Kier alpha value is -4.34. The molecule has 1 aliphatic heterocycles. The molecule has 0 bridgehead atoms. The highest BCUT2D eigenvalue weighted by atomic mass is 19.1. The molecular weight excluding hydrogens is 505 g/mol. The first-order chi connectivity index (χ1) is 18.5. The third kappa shape index (κ3) is 4.82. The number of carbonyl (C=O) groups is 1. The Morgan fingerprint density at radius 3 is 2.41 bits per heavy atom. The molecular formula is C29H29F3N6O. The van der Waals surface area contributed by atoms with Crippen molar-refractivity contribution in [1.82, 2.24) is 14.8 Å². The highest BCUT2D eigenvalue weighted by Gasteiger charge is 2.30. The topological polar surface area (TPSA) is 89.1 Å². The number of aromatic nitrogens is 3. The van der Waals surface area contributed by atoms with E-state index >= 15 is 13.2 Å². The molecule has 2 aromatic carbocycles. The second-order valence-corrected chi connectivity index (χ2v) is 10.1. The second kappa shape index (κ2) is 10.1. The normalized spacial score (nSPS) is 13.1. The largest absolute Gasteiger partial charge is 0.351 e. The van der Waals surface area contributed by atoms with E-state index in [0.717, 1.165) is 34.5 Å². The van der Waals surface area contributed by atoms with Crippen LogP contribution >= 0.6 is 0 Å². The van der Waals surface area contributed by atoms with Crippen molar-refractivity contribution in [2.45, 2.75) is 46.6 Å². The number of para-hydroxylation sites is 1. The fourth-order valence-electron chi connectivity index (χ4n) is 5.08. The lowest BCUT2D eigenvalue weighted by Crippen LogP contribution is -2.31. The molecule has 10 heteroatoms. The van der Waals surface area contributed by atoms with Crippen LogP contribution < -0.4 is 16.0 Å². The lowest BCUT2D eigenvalue weighted by Gasteiger charge is -2.28. The number of anilines is 2. The number of urea groups is 1. The maximum Gasteiger partial charge on any atom is 0.316 e. The van der Waals surface area contributed by atoms with E-state index in [4.69, 9.17) is 10.8 Å². The molecule has 2 amide bonds. The monoisotopic (exact) mass is 534 g/mol. The summed E-state index contributed by atoms with van der Waals surface area (Å²) in [5, 5.41) is 6.95. The number of benzene rings is 2. The molecule has 2 aromatic heterocycles. The number of halogens is 3. The molecule has 1 aliphatic rings. The number of nitrogens with one attached hydrogen (secondary N) is 1. The van der Waals surface area contributed by atoms with Crippen LogP contribution in [0.25, 0.3) is 16.9 Å². The van der Waals surface area contributed by atoms with E-state index in [1.54, 1.807) is 15.8 Å². The van der Waals surface area contributed by atoms with Gasteiger partial charge in [-0.15, -0.1) is 0 Å². The van der Waals surface area contributed by atoms with Gasteiger partial charge in [-0.05, 0) is 48.6 Å². The molecule has 3 N–H and O–H groups in total. The smallest absolute Gasteiger partial charge is 0.316 e. The number of hydrogen-bond donors (Lipinski definition) is 2. The molecule has 0 saturated carbocycles. The molecule has 0 radical (unpaired) electrons. The number of pyridine rings is 1. The minimum absolute atomic E-state index is 0.0376. The highest BCUT2D eigenvalue weighted by molar-refractivity contribution is 5.88. The van der Waals surface area contributed by atoms with Gasteiger partial charge in [-0.1, -0.05) is 32.0 Å². The number of amides is 2. The van der Waals surface area contributed by atoms with Gasteiger partial charge in [0.1, 0.15) is 11.6 Å². The van der Waals surface area contributed by atoms with Gasteiger partial charge < -0.3 is 16.0 Å². The molecule has 0 saturated heterocycles. The third-order valence-corrected chi connectivity index (χ3v) is 7.06. The highest BCUT2D eigenvalue weighted by Crippen LogP contribution is 2.38. The maximum absolute atomic E-state index is 15.6. The summed E-state index contributed by atoms with van der Waals surface area (Å²) in [5.41, 5.74) is 9.76. The average Bonchev–Trinajstić information content (AvgIpc) is 3.23. The first-order valence-corrected chi connectivity index (χ1v) is 12.7. The fourth-order valence-corrected chi connectivity index (χ4v) is 5.08. The van der Waals surface area contributed by atoms with Gasteiger partial charge in [-0.2, -0.15) is 5.10 Å². The Kier molecular flexibility index (Phi) is 6.80. The van der Waals surface area contributed by atoms with Crippen molar-refractivity contribution in [3.63, 3.8) is 0 Å². The molecule has 4 aromatic rings. The lowest BCUT2D eigenvalue weighted by molar-refractivity contribution is 0.259.